The van der Waals surface area contributed by atoms with E-state index in [0.717, 1.165) is 29.0 Å². The van der Waals surface area contributed by atoms with Gasteiger partial charge < -0.3 is 14.8 Å². The molecule has 0 saturated carbocycles. The minimum absolute atomic E-state index is 0.0590. The summed E-state index contributed by atoms with van der Waals surface area (Å²) in [7, 11) is 3.06. The van der Waals surface area contributed by atoms with Crippen molar-refractivity contribution in [2.24, 2.45) is 0 Å². The van der Waals surface area contributed by atoms with Crippen molar-refractivity contribution < 1.29 is 19.1 Å². The Bertz CT molecular complexity index is 1080. The molecule has 0 aliphatic heterocycles. The van der Waals surface area contributed by atoms with Crippen molar-refractivity contribution in [3.8, 4) is 11.5 Å². The van der Waals surface area contributed by atoms with Crippen LogP contribution < -0.4 is 20.1 Å². The molecule has 4 rings (SSSR count). The maximum absolute atomic E-state index is 12.7. The number of carbonyl (C=O) groups is 2. The summed E-state index contributed by atoms with van der Waals surface area (Å²) in [6.45, 7) is 0.443. The quantitative estimate of drug-likeness (QED) is 0.588. The third kappa shape index (κ3) is 4.66. The van der Waals surface area contributed by atoms with E-state index < -0.39 is 0 Å². The number of anilines is 1. The highest BCUT2D eigenvalue weighted by Crippen LogP contribution is 2.38. The van der Waals surface area contributed by atoms with Gasteiger partial charge in [0.2, 0.25) is 5.91 Å². The van der Waals surface area contributed by atoms with Crippen LogP contribution in [0.5, 0.6) is 11.5 Å². The van der Waals surface area contributed by atoms with Crippen LogP contribution in [0.2, 0.25) is 0 Å². The molecule has 1 aromatic carbocycles. The lowest BCUT2D eigenvalue weighted by Crippen LogP contribution is -2.28. The van der Waals surface area contributed by atoms with E-state index in [0.29, 0.717) is 28.7 Å². The van der Waals surface area contributed by atoms with Gasteiger partial charge in [-0.2, -0.15) is 0 Å². The lowest BCUT2D eigenvalue weighted by molar-refractivity contribution is -0.122. The van der Waals surface area contributed by atoms with Crippen LogP contribution in [-0.4, -0.2) is 36.0 Å². The molecule has 2 N–H and O–H groups in total. The molecule has 1 aliphatic carbocycles. The molecule has 160 valence electrons. The lowest BCUT2D eigenvalue weighted by Gasteiger charge is -2.11. The smallest absolute Gasteiger partial charge is 0.257 e. The topological polar surface area (TPSA) is 102 Å². The van der Waals surface area contributed by atoms with Gasteiger partial charge in [0.05, 0.1) is 25.8 Å². The maximum atomic E-state index is 12.7. The summed E-state index contributed by atoms with van der Waals surface area (Å²) >= 11 is 1.41. The Hall–Kier alpha value is -3.46. The van der Waals surface area contributed by atoms with Crippen LogP contribution >= 0.6 is 11.3 Å². The third-order valence-electron chi connectivity index (χ3n) is 5.08. The van der Waals surface area contributed by atoms with Gasteiger partial charge in [0.1, 0.15) is 11.5 Å². The fraction of sp³-hybridized carbons (Fsp3) is 0.273. The molecule has 0 bridgehead atoms. The summed E-state index contributed by atoms with van der Waals surface area (Å²) in [6.07, 6.45) is 4.88. The van der Waals surface area contributed by atoms with Crippen LogP contribution in [0.4, 0.5) is 5.13 Å². The first-order valence-corrected chi connectivity index (χ1v) is 10.6. The normalized spacial score (nSPS) is 14.6. The van der Waals surface area contributed by atoms with E-state index >= 15 is 0 Å². The Balaban J connectivity index is 1.44. The molecule has 1 unspecified atom stereocenters. The van der Waals surface area contributed by atoms with Crippen molar-refractivity contribution in [1.29, 1.82) is 0 Å². The Morgan fingerprint density at radius 2 is 1.84 bits per heavy atom. The fourth-order valence-electron chi connectivity index (χ4n) is 3.46. The minimum atomic E-state index is -0.316. The van der Waals surface area contributed by atoms with Crippen molar-refractivity contribution in [2.45, 2.75) is 25.3 Å². The molecule has 2 amide bonds. The van der Waals surface area contributed by atoms with E-state index in [2.05, 4.69) is 20.6 Å². The molecule has 2 aromatic heterocycles. The molecule has 1 aliphatic rings. The number of thiazole rings is 1. The van der Waals surface area contributed by atoms with Crippen molar-refractivity contribution in [3.63, 3.8) is 0 Å². The largest absolute Gasteiger partial charge is 0.497 e. The highest BCUT2D eigenvalue weighted by atomic mass is 32.1. The third-order valence-corrected chi connectivity index (χ3v) is 6.13. The Morgan fingerprint density at radius 3 is 2.52 bits per heavy atom. The van der Waals surface area contributed by atoms with E-state index in [1.54, 1.807) is 30.6 Å². The predicted molar refractivity (Wildman–Crippen MR) is 117 cm³/mol. The summed E-state index contributed by atoms with van der Waals surface area (Å²) in [5.74, 6) is 0.365. The van der Waals surface area contributed by atoms with Gasteiger partial charge in [-0.25, -0.2) is 4.98 Å². The predicted octanol–water partition coefficient (Wildman–Crippen LogP) is 3.15. The maximum Gasteiger partial charge on any atom is 0.257 e. The summed E-state index contributed by atoms with van der Waals surface area (Å²) in [6, 6.07) is 8.70. The number of nitrogens with one attached hydrogen (secondary N) is 2. The van der Waals surface area contributed by atoms with E-state index in [-0.39, 0.29) is 17.7 Å². The molecule has 0 radical (unpaired) electrons. The van der Waals surface area contributed by atoms with E-state index in [9.17, 15) is 9.59 Å². The van der Waals surface area contributed by atoms with Crippen molar-refractivity contribution >= 4 is 28.3 Å². The summed E-state index contributed by atoms with van der Waals surface area (Å²) in [5, 5.41) is 6.27. The average molecular weight is 439 g/mol. The summed E-state index contributed by atoms with van der Waals surface area (Å²) in [5.41, 5.74) is 2.13. The number of benzene rings is 1. The number of amides is 2. The molecule has 9 heteroatoms. The molecule has 3 aromatic rings. The van der Waals surface area contributed by atoms with Crippen LogP contribution in [0.15, 0.2) is 42.7 Å². The molecule has 1 atom stereocenters. The molecule has 0 spiro atoms. The first-order valence-electron chi connectivity index (χ1n) is 9.78. The SMILES string of the molecule is COc1cc(OC)cc(C(=O)Nc2nc3c(s2)CCC3C(=O)NCc2ccncc2)c1. The molecule has 8 nitrogen and oxygen atoms in total. The number of carbonyl (C=O) groups excluding carboxylic acids is 2. The molecule has 31 heavy (non-hydrogen) atoms. The van der Waals surface area contributed by atoms with E-state index in [4.69, 9.17) is 9.47 Å². The number of pyridine rings is 1. The number of ether oxygens (including phenoxy) is 2. The summed E-state index contributed by atoms with van der Waals surface area (Å²) < 4.78 is 10.4. The van der Waals surface area contributed by atoms with Gasteiger partial charge >= 0.3 is 0 Å². The number of fused-ring (bicyclic) bond motifs is 1. The minimum Gasteiger partial charge on any atom is -0.497 e. The molecule has 0 fully saturated rings. The van der Waals surface area contributed by atoms with Crippen LogP contribution in [-0.2, 0) is 17.8 Å². The highest BCUT2D eigenvalue weighted by Gasteiger charge is 2.32. The second-order valence-corrected chi connectivity index (χ2v) is 8.13. The number of nitrogens with zero attached hydrogens (tertiary/aromatic N) is 2. The Labute approximate surface area is 183 Å². The Kier molecular flexibility index (Phi) is 6.13. The van der Waals surface area contributed by atoms with Crippen molar-refractivity contribution in [2.75, 3.05) is 19.5 Å². The first kappa shape index (κ1) is 20.8. The number of methoxy groups -OCH3 is 2. The average Bonchev–Trinajstić information content (AvgIpc) is 3.37. The zero-order valence-corrected chi connectivity index (χ0v) is 18.0. The molecule has 2 heterocycles. The first-order chi connectivity index (χ1) is 15.1. The van der Waals surface area contributed by atoms with E-state index in [1.807, 2.05) is 12.1 Å². The van der Waals surface area contributed by atoms with Gasteiger partial charge in [-0.15, -0.1) is 11.3 Å². The van der Waals surface area contributed by atoms with Crippen molar-refractivity contribution in [3.05, 3.63) is 64.4 Å². The number of hydrogen-bond donors (Lipinski definition) is 2. The van der Waals surface area contributed by atoms with Gasteiger partial charge in [0, 0.05) is 35.4 Å². The van der Waals surface area contributed by atoms with Crippen LogP contribution in [0.3, 0.4) is 0 Å². The van der Waals surface area contributed by atoms with E-state index in [1.165, 1.54) is 25.6 Å². The van der Waals surface area contributed by atoms with Crippen molar-refractivity contribution in [1.82, 2.24) is 15.3 Å². The van der Waals surface area contributed by atoms with Gasteiger partial charge in [0.25, 0.3) is 5.91 Å². The number of rotatable bonds is 7. The zero-order chi connectivity index (χ0) is 21.8. The van der Waals surface area contributed by atoms with Gasteiger partial charge in [-0.1, -0.05) is 0 Å². The summed E-state index contributed by atoms with van der Waals surface area (Å²) in [4.78, 5) is 35.0. The highest BCUT2D eigenvalue weighted by molar-refractivity contribution is 7.16. The zero-order valence-electron chi connectivity index (χ0n) is 17.2. The second-order valence-electron chi connectivity index (χ2n) is 7.05. The van der Waals surface area contributed by atoms with Gasteiger partial charge in [0.15, 0.2) is 5.13 Å². The lowest BCUT2D eigenvalue weighted by atomic mass is 10.1. The standard InChI is InChI=1S/C22H22N4O4S/c1-29-15-9-14(10-16(11-15)30-2)20(27)26-22-25-19-17(3-4-18(19)31-22)21(28)24-12-13-5-7-23-8-6-13/h5-11,17H,3-4,12H2,1-2H3,(H,24,28)(H,25,26,27). The number of aromatic nitrogens is 2. The number of aryl methyl sites for hydroxylation is 1. The second kappa shape index (κ2) is 9.13. The number of hydrogen-bond acceptors (Lipinski definition) is 7. The van der Waals surface area contributed by atoms with Crippen LogP contribution in [0.25, 0.3) is 0 Å². The Morgan fingerprint density at radius 1 is 1.13 bits per heavy atom. The van der Waals surface area contributed by atoms with Crippen LogP contribution in [0.1, 0.15) is 38.8 Å². The molecular weight excluding hydrogens is 416 g/mol. The fourth-order valence-corrected chi connectivity index (χ4v) is 4.49. The monoisotopic (exact) mass is 438 g/mol. The molecular formula is C22H22N4O4S. The molecule has 0 saturated heterocycles. The van der Waals surface area contributed by atoms with Gasteiger partial charge in [-0.3, -0.25) is 19.9 Å². The van der Waals surface area contributed by atoms with Crippen LogP contribution in [0, 0.1) is 0 Å². The van der Waals surface area contributed by atoms with Gasteiger partial charge in [-0.05, 0) is 42.7 Å².